The third-order valence-corrected chi connectivity index (χ3v) is 5.91. The van der Waals surface area contributed by atoms with E-state index in [9.17, 15) is 4.79 Å². The number of rotatable bonds is 3. The summed E-state index contributed by atoms with van der Waals surface area (Å²) in [7, 11) is 0. The lowest BCUT2D eigenvalue weighted by Gasteiger charge is -2.13. The molecular formula is C23H13BrCl2N4O. The molecule has 31 heavy (non-hydrogen) atoms. The van der Waals surface area contributed by atoms with Crippen LogP contribution in [-0.4, -0.2) is 19.3 Å². The van der Waals surface area contributed by atoms with Crippen LogP contribution >= 0.6 is 39.1 Å². The summed E-state index contributed by atoms with van der Waals surface area (Å²) >= 11 is 16.0. The van der Waals surface area contributed by atoms with E-state index in [4.69, 9.17) is 28.2 Å². The normalized spacial score (nSPS) is 11.2. The molecule has 0 atom stereocenters. The molecule has 2 aromatic heterocycles. The Hall–Kier alpha value is -2.93. The second kappa shape index (κ2) is 7.96. The molecule has 2 heterocycles. The highest BCUT2D eigenvalue weighted by Gasteiger charge is 2.19. The van der Waals surface area contributed by atoms with Gasteiger partial charge in [-0.05, 0) is 54.6 Å². The highest BCUT2D eigenvalue weighted by atomic mass is 79.9. The van der Waals surface area contributed by atoms with E-state index >= 15 is 0 Å². The van der Waals surface area contributed by atoms with E-state index in [0.29, 0.717) is 38.2 Å². The SMILES string of the molecule is O=c1c2cn(-c3ccccc3)nc2nc(-c2ccc(Cl)cc2Cl)n1-c1ccc(Br)cc1. The second-order valence-electron chi connectivity index (χ2n) is 6.82. The van der Waals surface area contributed by atoms with E-state index in [0.717, 1.165) is 10.2 Å². The number of hydrogen-bond acceptors (Lipinski definition) is 3. The van der Waals surface area contributed by atoms with Crippen molar-refractivity contribution in [1.82, 2.24) is 19.3 Å². The molecule has 0 unspecified atom stereocenters. The number of hydrogen-bond donors (Lipinski definition) is 0. The number of nitrogens with zero attached hydrogens (tertiary/aromatic N) is 4. The van der Waals surface area contributed by atoms with Gasteiger partial charge in [0.1, 0.15) is 5.39 Å². The van der Waals surface area contributed by atoms with Gasteiger partial charge in [0.05, 0.1) is 16.4 Å². The number of aromatic nitrogens is 4. The Bertz CT molecular complexity index is 1480. The summed E-state index contributed by atoms with van der Waals surface area (Å²) in [5, 5.41) is 5.84. The van der Waals surface area contributed by atoms with Crippen LogP contribution in [0.1, 0.15) is 0 Å². The van der Waals surface area contributed by atoms with Crippen LogP contribution in [0.5, 0.6) is 0 Å². The molecule has 0 amide bonds. The first kappa shape index (κ1) is 20.0. The van der Waals surface area contributed by atoms with Crippen LogP contribution in [0.25, 0.3) is 33.8 Å². The quantitative estimate of drug-likeness (QED) is 0.285. The summed E-state index contributed by atoms with van der Waals surface area (Å²) in [5.74, 6) is 0.389. The van der Waals surface area contributed by atoms with Gasteiger partial charge < -0.3 is 0 Å². The molecule has 0 saturated heterocycles. The van der Waals surface area contributed by atoms with Gasteiger partial charge in [0, 0.05) is 21.3 Å². The maximum atomic E-state index is 13.6. The van der Waals surface area contributed by atoms with Crippen molar-refractivity contribution in [2.45, 2.75) is 0 Å². The Morgan fingerprint density at radius 1 is 0.871 bits per heavy atom. The van der Waals surface area contributed by atoms with Crippen LogP contribution in [0.15, 0.2) is 88.3 Å². The Balaban J connectivity index is 1.83. The van der Waals surface area contributed by atoms with Gasteiger partial charge >= 0.3 is 0 Å². The van der Waals surface area contributed by atoms with Crippen LogP contribution in [-0.2, 0) is 0 Å². The molecule has 5 nitrogen and oxygen atoms in total. The van der Waals surface area contributed by atoms with E-state index in [1.807, 2.05) is 54.6 Å². The van der Waals surface area contributed by atoms with Crippen molar-refractivity contribution in [1.29, 1.82) is 0 Å². The van der Waals surface area contributed by atoms with Crippen molar-refractivity contribution < 1.29 is 0 Å². The van der Waals surface area contributed by atoms with Crippen LogP contribution < -0.4 is 5.56 Å². The molecule has 0 fully saturated rings. The fraction of sp³-hybridized carbons (Fsp3) is 0. The topological polar surface area (TPSA) is 52.7 Å². The van der Waals surface area contributed by atoms with Crippen molar-refractivity contribution >= 4 is 50.2 Å². The van der Waals surface area contributed by atoms with E-state index in [1.54, 1.807) is 33.6 Å². The zero-order valence-corrected chi connectivity index (χ0v) is 18.9. The van der Waals surface area contributed by atoms with Gasteiger partial charge in [-0.25, -0.2) is 9.67 Å². The van der Waals surface area contributed by atoms with Gasteiger partial charge in [0.25, 0.3) is 5.56 Å². The van der Waals surface area contributed by atoms with Gasteiger partial charge in [-0.2, -0.15) is 0 Å². The lowest BCUT2D eigenvalue weighted by atomic mass is 10.2. The minimum absolute atomic E-state index is 0.240. The average Bonchev–Trinajstić information content (AvgIpc) is 3.20. The molecule has 0 aliphatic heterocycles. The third-order valence-electron chi connectivity index (χ3n) is 4.83. The first-order valence-corrected chi connectivity index (χ1v) is 10.9. The molecule has 0 saturated carbocycles. The zero-order valence-electron chi connectivity index (χ0n) is 15.8. The molecule has 5 aromatic rings. The van der Waals surface area contributed by atoms with Crippen LogP contribution in [0.3, 0.4) is 0 Å². The van der Waals surface area contributed by atoms with E-state index < -0.39 is 0 Å². The summed E-state index contributed by atoms with van der Waals surface area (Å²) in [4.78, 5) is 18.4. The zero-order chi connectivity index (χ0) is 21.5. The highest BCUT2D eigenvalue weighted by Crippen LogP contribution is 2.31. The van der Waals surface area contributed by atoms with Gasteiger partial charge in [0.2, 0.25) is 0 Å². The fourth-order valence-corrected chi connectivity index (χ4v) is 4.12. The van der Waals surface area contributed by atoms with Crippen LogP contribution in [0.4, 0.5) is 0 Å². The van der Waals surface area contributed by atoms with Crippen molar-refractivity contribution in [2.24, 2.45) is 0 Å². The van der Waals surface area contributed by atoms with Crippen molar-refractivity contribution in [3.8, 4) is 22.8 Å². The third kappa shape index (κ3) is 3.67. The largest absolute Gasteiger partial charge is 0.269 e. The average molecular weight is 512 g/mol. The Labute approximate surface area is 195 Å². The monoisotopic (exact) mass is 510 g/mol. The minimum Gasteiger partial charge on any atom is -0.268 e. The molecule has 0 spiro atoms. The molecule has 0 bridgehead atoms. The number of halogens is 3. The van der Waals surface area contributed by atoms with E-state index in [1.165, 1.54) is 0 Å². The molecule has 3 aromatic carbocycles. The fourth-order valence-electron chi connectivity index (χ4n) is 3.36. The summed E-state index contributed by atoms with van der Waals surface area (Å²) in [6, 6.07) is 22.1. The maximum Gasteiger partial charge on any atom is 0.269 e. The molecule has 0 aliphatic carbocycles. The molecule has 0 aliphatic rings. The summed E-state index contributed by atoms with van der Waals surface area (Å²) in [6.07, 6.45) is 1.70. The van der Waals surface area contributed by atoms with Gasteiger partial charge in [0.15, 0.2) is 11.5 Å². The lowest BCUT2D eigenvalue weighted by molar-refractivity contribution is 0.888. The molecule has 5 rings (SSSR count). The molecule has 0 N–H and O–H groups in total. The predicted octanol–water partition coefficient (Wildman–Crippen LogP) is 6.31. The highest BCUT2D eigenvalue weighted by molar-refractivity contribution is 9.10. The lowest BCUT2D eigenvalue weighted by Crippen LogP contribution is -2.21. The first-order valence-electron chi connectivity index (χ1n) is 9.30. The number of benzene rings is 3. The minimum atomic E-state index is -0.240. The van der Waals surface area contributed by atoms with Gasteiger partial charge in [-0.3, -0.25) is 9.36 Å². The van der Waals surface area contributed by atoms with E-state index in [2.05, 4.69) is 21.0 Å². The summed E-state index contributed by atoms with van der Waals surface area (Å²) < 4.78 is 4.10. The Kier molecular flexibility index (Phi) is 5.14. The molecule has 152 valence electrons. The van der Waals surface area contributed by atoms with Crippen LogP contribution in [0.2, 0.25) is 10.0 Å². The van der Waals surface area contributed by atoms with Crippen LogP contribution in [0, 0.1) is 0 Å². The van der Waals surface area contributed by atoms with E-state index in [-0.39, 0.29) is 5.56 Å². The summed E-state index contributed by atoms with van der Waals surface area (Å²) in [6.45, 7) is 0. The number of para-hydroxylation sites is 1. The van der Waals surface area contributed by atoms with Gasteiger partial charge in [-0.1, -0.05) is 57.3 Å². The molecular weight excluding hydrogens is 499 g/mol. The Morgan fingerprint density at radius 3 is 2.32 bits per heavy atom. The van der Waals surface area contributed by atoms with Gasteiger partial charge in [-0.15, -0.1) is 5.10 Å². The predicted molar refractivity (Wildman–Crippen MR) is 128 cm³/mol. The molecule has 0 radical (unpaired) electrons. The first-order chi connectivity index (χ1) is 15.0. The second-order valence-corrected chi connectivity index (χ2v) is 8.58. The summed E-state index contributed by atoms with van der Waals surface area (Å²) in [5.41, 5.74) is 2.18. The Morgan fingerprint density at radius 2 is 1.61 bits per heavy atom. The van der Waals surface area contributed by atoms with Crippen molar-refractivity contribution in [2.75, 3.05) is 0 Å². The maximum absolute atomic E-state index is 13.6. The molecule has 8 heteroatoms. The van der Waals surface area contributed by atoms with Crippen molar-refractivity contribution in [3.63, 3.8) is 0 Å². The standard InChI is InChI=1S/C23H13BrCl2N4O/c24-14-6-9-17(10-7-14)30-22(18-11-8-15(25)12-20(18)26)27-21-19(23(30)31)13-29(28-21)16-4-2-1-3-5-16/h1-13H. The number of fused-ring (bicyclic) bond motifs is 1. The van der Waals surface area contributed by atoms with Crippen molar-refractivity contribution in [3.05, 3.63) is 104 Å². The smallest absolute Gasteiger partial charge is 0.268 e.